The maximum absolute atomic E-state index is 12.7. The van der Waals surface area contributed by atoms with Crippen LogP contribution in [-0.4, -0.2) is 38.1 Å². The number of hydrogen-bond donors (Lipinski definition) is 1. The first-order valence-corrected chi connectivity index (χ1v) is 11.4. The summed E-state index contributed by atoms with van der Waals surface area (Å²) >= 11 is 1.68. The smallest absolute Gasteiger partial charge is 0.223 e. The van der Waals surface area contributed by atoms with Crippen LogP contribution in [0, 0.1) is 25.7 Å². The van der Waals surface area contributed by atoms with Crippen molar-refractivity contribution in [3.8, 4) is 5.75 Å². The molecule has 1 aliphatic carbocycles. The van der Waals surface area contributed by atoms with Gasteiger partial charge in [-0.3, -0.25) is 4.79 Å². The van der Waals surface area contributed by atoms with Crippen molar-refractivity contribution in [2.75, 3.05) is 27.2 Å². The van der Waals surface area contributed by atoms with Gasteiger partial charge in [-0.2, -0.15) is 0 Å². The second kappa shape index (κ2) is 9.77. The number of fused-ring (bicyclic) bond motifs is 1. The molecular weight excluding hydrogens is 380 g/mol. The minimum Gasteiger partial charge on any atom is -0.492 e. The lowest BCUT2D eigenvalue weighted by Crippen LogP contribution is -2.35. The molecule has 0 bridgehead atoms. The molecule has 1 heterocycles. The van der Waals surface area contributed by atoms with Crippen molar-refractivity contribution in [3.05, 3.63) is 50.7 Å². The molecule has 1 aromatic heterocycles. The normalized spacial score (nSPS) is 17.1. The average molecular weight is 415 g/mol. The fourth-order valence-corrected chi connectivity index (χ4v) is 4.85. The topological polar surface area (TPSA) is 41.6 Å². The SMILES string of the molecule is Cc1cc(OCCN(C)C)c(C)c2c1CC[C@@H]([C@H](C)C(=O)NCc1cccs1)C2. The number of aryl methyl sites for hydroxylation is 1. The number of amides is 1. The van der Waals surface area contributed by atoms with Gasteiger partial charge in [0, 0.05) is 17.3 Å². The zero-order chi connectivity index (χ0) is 21.0. The van der Waals surface area contributed by atoms with Crippen LogP contribution >= 0.6 is 11.3 Å². The number of hydrogen-bond acceptors (Lipinski definition) is 4. The molecule has 1 amide bonds. The number of benzene rings is 1. The highest BCUT2D eigenvalue weighted by atomic mass is 32.1. The number of carbonyl (C=O) groups excluding carboxylic acids is 1. The summed E-state index contributed by atoms with van der Waals surface area (Å²) in [7, 11) is 4.12. The van der Waals surface area contributed by atoms with E-state index in [1.54, 1.807) is 11.3 Å². The molecule has 4 nitrogen and oxygen atoms in total. The average Bonchev–Trinajstić information content (AvgIpc) is 3.22. The molecule has 1 aromatic carbocycles. The second-order valence-corrected chi connectivity index (χ2v) is 9.55. The van der Waals surface area contributed by atoms with E-state index in [-0.39, 0.29) is 11.8 Å². The van der Waals surface area contributed by atoms with Crippen LogP contribution in [0.2, 0.25) is 0 Å². The number of thiophene rings is 1. The molecule has 1 aliphatic rings. The first-order chi connectivity index (χ1) is 13.9. The summed E-state index contributed by atoms with van der Waals surface area (Å²) in [6, 6.07) is 6.29. The fourth-order valence-electron chi connectivity index (χ4n) is 4.20. The highest BCUT2D eigenvalue weighted by Gasteiger charge is 2.30. The molecule has 0 saturated carbocycles. The van der Waals surface area contributed by atoms with Crippen LogP contribution in [0.5, 0.6) is 5.75 Å². The Kier molecular flexibility index (Phi) is 7.36. The summed E-state index contributed by atoms with van der Waals surface area (Å²) in [5, 5.41) is 5.17. The number of ether oxygens (including phenoxy) is 1. The van der Waals surface area contributed by atoms with Gasteiger partial charge in [-0.1, -0.05) is 13.0 Å². The van der Waals surface area contributed by atoms with Gasteiger partial charge in [-0.05, 0) is 92.9 Å². The number of likely N-dealkylation sites (N-methyl/N-ethyl adjacent to an activating group) is 1. The molecule has 0 radical (unpaired) electrons. The van der Waals surface area contributed by atoms with E-state index in [9.17, 15) is 4.79 Å². The van der Waals surface area contributed by atoms with Crippen LogP contribution in [-0.2, 0) is 24.2 Å². The summed E-state index contributed by atoms with van der Waals surface area (Å²) in [4.78, 5) is 16.1. The summed E-state index contributed by atoms with van der Waals surface area (Å²) in [5.41, 5.74) is 5.43. The largest absolute Gasteiger partial charge is 0.492 e. The van der Waals surface area contributed by atoms with Gasteiger partial charge >= 0.3 is 0 Å². The Bertz CT molecular complexity index is 830. The van der Waals surface area contributed by atoms with E-state index in [1.165, 1.54) is 27.1 Å². The quantitative estimate of drug-likeness (QED) is 0.698. The maximum atomic E-state index is 12.7. The van der Waals surface area contributed by atoms with Gasteiger partial charge in [0.15, 0.2) is 0 Å². The molecule has 0 unspecified atom stereocenters. The molecule has 2 aromatic rings. The van der Waals surface area contributed by atoms with Crippen LogP contribution in [0.25, 0.3) is 0 Å². The molecule has 158 valence electrons. The molecule has 3 rings (SSSR count). The monoisotopic (exact) mass is 414 g/mol. The third-order valence-corrected chi connectivity index (χ3v) is 7.05. The van der Waals surface area contributed by atoms with E-state index in [1.807, 2.05) is 11.4 Å². The Morgan fingerprint density at radius 2 is 2.14 bits per heavy atom. The van der Waals surface area contributed by atoms with Crippen LogP contribution in [0.1, 0.15) is 40.5 Å². The van der Waals surface area contributed by atoms with Crippen LogP contribution in [0.15, 0.2) is 23.6 Å². The van der Waals surface area contributed by atoms with E-state index < -0.39 is 0 Å². The summed E-state index contributed by atoms with van der Waals surface area (Å²) in [5.74, 6) is 1.56. The summed E-state index contributed by atoms with van der Waals surface area (Å²) in [6.45, 7) is 8.67. The molecule has 5 heteroatoms. The number of rotatable bonds is 8. The van der Waals surface area contributed by atoms with Crippen LogP contribution < -0.4 is 10.1 Å². The molecule has 0 aliphatic heterocycles. The van der Waals surface area contributed by atoms with Gasteiger partial charge in [-0.15, -0.1) is 11.3 Å². The van der Waals surface area contributed by atoms with E-state index in [2.05, 4.69) is 57.2 Å². The molecular formula is C24H34N2O2S. The Labute approximate surface area is 179 Å². The van der Waals surface area contributed by atoms with Crippen LogP contribution in [0.4, 0.5) is 0 Å². The molecule has 1 N–H and O–H groups in total. The predicted octanol–water partition coefficient (Wildman–Crippen LogP) is 4.36. The highest BCUT2D eigenvalue weighted by Crippen LogP contribution is 2.37. The number of carbonyl (C=O) groups is 1. The first kappa shape index (κ1) is 21.8. The van der Waals surface area contributed by atoms with Gasteiger partial charge in [0.05, 0.1) is 6.54 Å². The van der Waals surface area contributed by atoms with Crippen molar-refractivity contribution in [1.82, 2.24) is 10.2 Å². The lowest BCUT2D eigenvalue weighted by Gasteiger charge is -2.31. The highest BCUT2D eigenvalue weighted by molar-refractivity contribution is 7.09. The Morgan fingerprint density at radius 3 is 2.83 bits per heavy atom. The lowest BCUT2D eigenvalue weighted by molar-refractivity contribution is -0.126. The minimum atomic E-state index is 0.0149. The Balaban J connectivity index is 1.68. The zero-order valence-electron chi connectivity index (χ0n) is 18.4. The molecule has 29 heavy (non-hydrogen) atoms. The van der Waals surface area contributed by atoms with Crippen molar-refractivity contribution in [3.63, 3.8) is 0 Å². The Morgan fingerprint density at radius 1 is 1.34 bits per heavy atom. The minimum absolute atomic E-state index is 0.0149. The standard InChI is InChI=1S/C24H34N2O2S/c1-16-13-23(28-11-10-26(4)5)18(3)22-14-19(8-9-21(16)22)17(2)24(27)25-15-20-7-6-12-29-20/h6-7,12-13,17,19H,8-11,14-15H2,1-5H3,(H,25,27)/t17-,19+/m0/s1. The van der Waals surface area contributed by atoms with Gasteiger partial charge in [0.25, 0.3) is 0 Å². The molecule has 0 saturated heterocycles. The first-order valence-electron chi connectivity index (χ1n) is 10.6. The van der Waals surface area contributed by atoms with E-state index in [4.69, 9.17) is 4.74 Å². The number of nitrogens with zero attached hydrogens (tertiary/aromatic N) is 1. The van der Waals surface area contributed by atoms with Crippen molar-refractivity contribution >= 4 is 17.2 Å². The predicted molar refractivity (Wildman–Crippen MR) is 121 cm³/mol. The third-order valence-electron chi connectivity index (χ3n) is 6.18. The van der Waals surface area contributed by atoms with Gasteiger partial charge < -0.3 is 15.0 Å². The van der Waals surface area contributed by atoms with Gasteiger partial charge in [0.1, 0.15) is 12.4 Å². The molecule has 2 atom stereocenters. The van der Waals surface area contributed by atoms with Crippen molar-refractivity contribution in [2.45, 2.75) is 46.6 Å². The van der Waals surface area contributed by atoms with Crippen molar-refractivity contribution < 1.29 is 9.53 Å². The molecule has 0 spiro atoms. The lowest BCUT2D eigenvalue weighted by atomic mass is 9.74. The van der Waals surface area contributed by atoms with Crippen molar-refractivity contribution in [2.24, 2.45) is 11.8 Å². The van der Waals surface area contributed by atoms with E-state index >= 15 is 0 Å². The van der Waals surface area contributed by atoms with E-state index in [0.717, 1.165) is 31.6 Å². The summed E-state index contributed by atoms with van der Waals surface area (Å²) < 4.78 is 6.10. The fraction of sp³-hybridized carbons (Fsp3) is 0.542. The Hall–Kier alpha value is -1.85. The van der Waals surface area contributed by atoms with Gasteiger partial charge in [-0.25, -0.2) is 0 Å². The maximum Gasteiger partial charge on any atom is 0.223 e. The van der Waals surface area contributed by atoms with Gasteiger partial charge in [0.2, 0.25) is 5.91 Å². The van der Waals surface area contributed by atoms with Crippen LogP contribution in [0.3, 0.4) is 0 Å². The number of nitrogens with one attached hydrogen (secondary N) is 1. The zero-order valence-corrected chi connectivity index (χ0v) is 19.2. The molecule has 0 fully saturated rings. The summed E-state index contributed by atoms with van der Waals surface area (Å²) in [6.07, 6.45) is 3.08. The van der Waals surface area contributed by atoms with E-state index in [0.29, 0.717) is 19.1 Å². The van der Waals surface area contributed by atoms with Crippen molar-refractivity contribution in [1.29, 1.82) is 0 Å². The third kappa shape index (κ3) is 5.40. The second-order valence-electron chi connectivity index (χ2n) is 8.51.